The lowest BCUT2D eigenvalue weighted by Crippen LogP contribution is -2.41. The second kappa shape index (κ2) is 8.45. The first-order valence-corrected chi connectivity index (χ1v) is 8.27. The maximum absolute atomic E-state index is 12.4. The molecule has 1 aromatic heterocycles. The van der Waals surface area contributed by atoms with Crippen LogP contribution < -0.4 is 5.32 Å². The molecule has 0 spiro atoms. The fourth-order valence-electron chi connectivity index (χ4n) is 2.15. The Morgan fingerprint density at radius 2 is 2.00 bits per heavy atom. The average molecular weight is 332 g/mol. The standard InChI is InChI=1S/C17H20N2O3S/c1-13(20)18-9-17(22)19(10-14-5-3-2-4-6-14)11-16(21)15-7-8-23-12-15/h2-8,12,16,21H,9-11H2,1H3,(H,18,20). The number of nitrogens with zero attached hydrogens (tertiary/aromatic N) is 1. The molecule has 0 saturated carbocycles. The third-order valence-electron chi connectivity index (χ3n) is 3.38. The number of amides is 2. The molecule has 122 valence electrons. The number of thiophene rings is 1. The molecular formula is C17H20N2O3S. The number of rotatable bonds is 7. The highest BCUT2D eigenvalue weighted by Crippen LogP contribution is 2.18. The fourth-order valence-corrected chi connectivity index (χ4v) is 2.86. The molecule has 5 nitrogen and oxygen atoms in total. The van der Waals surface area contributed by atoms with Gasteiger partial charge in [0.1, 0.15) is 0 Å². The Labute approximate surface area is 139 Å². The summed E-state index contributed by atoms with van der Waals surface area (Å²) in [6.45, 7) is 1.87. The molecule has 0 saturated heterocycles. The van der Waals surface area contributed by atoms with Gasteiger partial charge in [-0.15, -0.1) is 0 Å². The van der Waals surface area contributed by atoms with Gasteiger partial charge in [0.05, 0.1) is 19.2 Å². The summed E-state index contributed by atoms with van der Waals surface area (Å²) in [6, 6.07) is 11.4. The van der Waals surface area contributed by atoms with Gasteiger partial charge in [-0.25, -0.2) is 0 Å². The normalized spacial score (nSPS) is 11.7. The largest absolute Gasteiger partial charge is 0.387 e. The summed E-state index contributed by atoms with van der Waals surface area (Å²) >= 11 is 1.50. The smallest absolute Gasteiger partial charge is 0.242 e. The number of hydrogen-bond donors (Lipinski definition) is 2. The van der Waals surface area contributed by atoms with Gasteiger partial charge >= 0.3 is 0 Å². The Bertz CT molecular complexity index is 629. The van der Waals surface area contributed by atoms with Gasteiger partial charge in [-0.2, -0.15) is 11.3 Å². The molecule has 1 heterocycles. The highest BCUT2D eigenvalue weighted by molar-refractivity contribution is 7.07. The molecular weight excluding hydrogens is 312 g/mol. The first-order valence-electron chi connectivity index (χ1n) is 7.32. The van der Waals surface area contributed by atoms with Crippen LogP contribution in [-0.2, 0) is 16.1 Å². The monoisotopic (exact) mass is 332 g/mol. The second-order valence-corrected chi connectivity index (χ2v) is 6.02. The van der Waals surface area contributed by atoms with Crippen LogP contribution in [0.2, 0.25) is 0 Å². The van der Waals surface area contributed by atoms with Crippen molar-refractivity contribution in [3.05, 3.63) is 58.3 Å². The summed E-state index contributed by atoms with van der Waals surface area (Å²) in [7, 11) is 0. The molecule has 0 bridgehead atoms. The van der Waals surface area contributed by atoms with Crippen molar-refractivity contribution in [2.24, 2.45) is 0 Å². The Hall–Kier alpha value is -2.18. The lowest BCUT2D eigenvalue weighted by molar-refractivity contribution is -0.134. The molecule has 2 N–H and O–H groups in total. The lowest BCUT2D eigenvalue weighted by atomic mass is 10.1. The van der Waals surface area contributed by atoms with Gasteiger partial charge in [0, 0.05) is 13.5 Å². The molecule has 0 fully saturated rings. The molecule has 6 heteroatoms. The molecule has 0 aliphatic rings. The Balaban J connectivity index is 2.06. The van der Waals surface area contributed by atoms with Crippen LogP contribution in [0.1, 0.15) is 24.2 Å². The van der Waals surface area contributed by atoms with E-state index in [1.165, 1.54) is 18.3 Å². The average Bonchev–Trinajstić information content (AvgIpc) is 3.07. The lowest BCUT2D eigenvalue weighted by Gasteiger charge is -2.25. The molecule has 2 rings (SSSR count). The Morgan fingerprint density at radius 1 is 1.26 bits per heavy atom. The second-order valence-electron chi connectivity index (χ2n) is 5.24. The predicted molar refractivity (Wildman–Crippen MR) is 89.8 cm³/mol. The van der Waals surface area contributed by atoms with Crippen molar-refractivity contribution in [1.82, 2.24) is 10.2 Å². The van der Waals surface area contributed by atoms with Gasteiger partial charge in [-0.1, -0.05) is 30.3 Å². The third-order valence-corrected chi connectivity index (χ3v) is 4.08. The number of benzene rings is 1. The van der Waals surface area contributed by atoms with E-state index in [0.717, 1.165) is 11.1 Å². The van der Waals surface area contributed by atoms with E-state index in [0.29, 0.717) is 6.54 Å². The Kier molecular flexibility index (Phi) is 6.31. The van der Waals surface area contributed by atoms with Crippen LogP contribution in [0.3, 0.4) is 0 Å². The first-order chi connectivity index (χ1) is 11.1. The number of hydrogen-bond acceptors (Lipinski definition) is 4. The zero-order valence-electron chi connectivity index (χ0n) is 12.9. The molecule has 2 aromatic rings. The molecule has 1 aromatic carbocycles. The van der Waals surface area contributed by atoms with Crippen LogP contribution in [0.15, 0.2) is 47.2 Å². The maximum atomic E-state index is 12.4. The predicted octanol–water partition coefficient (Wildman–Crippen LogP) is 1.95. The summed E-state index contributed by atoms with van der Waals surface area (Å²) in [5.41, 5.74) is 1.77. The molecule has 0 aliphatic carbocycles. The van der Waals surface area contributed by atoms with E-state index in [1.54, 1.807) is 4.90 Å². The van der Waals surface area contributed by atoms with E-state index < -0.39 is 6.10 Å². The van der Waals surface area contributed by atoms with E-state index in [2.05, 4.69) is 5.32 Å². The summed E-state index contributed by atoms with van der Waals surface area (Å²) in [4.78, 5) is 24.9. The van der Waals surface area contributed by atoms with E-state index in [4.69, 9.17) is 0 Å². The van der Waals surface area contributed by atoms with Crippen molar-refractivity contribution >= 4 is 23.2 Å². The quantitative estimate of drug-likeness (QED) is 0.814. The highest BCUT2D eigenvalue weighted by atomic mass is 32.1. The van der Waals surface area contributed by atoms with Crippen molar-refractivity contribution in [2.75, 3.05) is 13.1 Å². The third kappa shape index (κ3) is 5.50. The summed E-state index contributed by atoms with van der Waals surface area (Å²) < 4.78 is 0. The van der Waals surface area contributed by atoms with Gasteiger partial charge in [0.15, 0.2) is 0 Å². The first kappa shape index (κ1) is 17.2. The van der Waals surface area contributed by atoms with Gasteiger partial charge in [-0.05, 0) is 28.0 Å². The summed E-state index contributed by atoms with van der Waals surface area (Å²) in [6.07, 6.45) is -0.744. The molecule has 1 atom stereocenters. The van der Waals surface area contributed by atoms with E-state index in [1.807, 2.05) is 47.2 Å². The minimum Gasteiger partial charge on any atom is -0.387 e. The maximum Gasteiger partial charge on any atom is 0.242 e. The topological polar surface area (TPSA) is 69.6 Å². The van der Waals surface area contributed by atoms with E-state index in [9.17, 15) is 14.7 Å². The van der Waals surface area contributed by atoms with Gasteiger partial charge in [-0.3, -0.25) is 9.59 Å². The van der Waals surface area contributed by atoms with Crippen molar-refractivity contribution in [1.29, 1.82) is 0 Å². The van der Waals surface area contributed by atoms with Crippen molar-refractivity contribution in [3.63, 3.8) is 0 Å². The van der Waals surface area contributed by atoms with E-state index in [-0.39, 0.29) is 24.9 Å². The number of carbonyl (C=O) groups excluding carboxylic acids is 2. The van der Waals surface area contributed by atoms with Crippen molar-refractivity contribution in [2.45, 2.75) is 19.6 Å². The minimum absolute atomic E-state index is 0.0709. The SMILES string of the molecule is CC(=O)NCC(=O)N(Cc1ccccc1)CC(O)c1ccsc1. The number of aliphatic hydroxyl groups excluding tert-OH is 1. The van der Waals surface area contributed by atoms with Crippen LogP contribution in [0.4, 0.5) is 0 Å². The van der Waals surface area contributed by atoms with Gasteiger partial charge < -0.3 is 15.3 Å². The number of nitrogens with one attached hydrogen (secondary N) is 1. The van der Waals surface area contributed by atoms with Crippen LogP contribution in [0.5, 0.6) is 0 Å². The Morgan fingerprint density at radius 3 is 2.61 bits per heavy atom. The van der Waals surface area contributed by atoms with Crippen molar-refractivity contribution in [3.8, 4) is 0 Å². The molecule has 1 unspecified atom stereocenters. The van der Waals surface area contributed by atoms with Crippen LogP contribution in [0.25, 0.3) is 0 Å². The molecule has 2 amide bonds. The molecule has 23 heavy (non-hydrogen) atoms. The highest BCUT2D eigenvalue weighted by Gasteiger charge is 2.19. The molecule has 0 radical (unpaired) electrons. The van der Waals surface area contributed by atoms with Crippen LogP contribution in [0, 0.1) is 0 Å². The minimum atomic E-state index is -0.744. The van der Waals surface area contributed by atoms with Gasteiger partial charge in [0.2, 0.25) is 11.8 Å². The van der Waals surface area contributed by atoms with Gasteiger partial charge in [0.25, 0.3) is 0 Å². The van der Waals surface area contributed by atoms with Crippen molar-refractivity contribution < 1.29 is 14.7 Å². The van der Waals surface area contributed by atoms with Crippen LogP contribution >= 0.6 is 11.3 Å². The molecule has 0 aliphatic heterocycles. The van der Waals surface area contributed by atoms with E-state index >= 15 is 0 Å². The zero-order chi connectivity index (χ0) is 16.7. The fraction of sp³-hybridized carbons (Fsp3) is 0.294. The number of carbonyl (C=O) groups is 2. The summed E-state index contributed by atoms with van der Waals surface area (Å²) in [5, 5.41) is 16.6. The number of aliphatic hydroxyl groups is 1. The zero-order valence-corrected chi connectivity index (χ0v) is 13.8. The van der Waals surface area contributed by atoms with Crippen LogP contribution in [-0.4, -0.2) is 34.9 Å². The summed E-state index contributed by atoms with van der Waals surface area (Å²) in [5.74, 6) is -0.477.